The molecule has 1 rings (SSSR count). The fraction of sp³-hybridized carbons (Fsp3) is 0.500. The summed E-state index contributed by atoms with van der Waals surface area (Å²) in [6, 6.07) is 9.55. The van der Waals surface area contributed by atoms with Crippen LogP contribution in [0.15, 0.2) is 24.3 Å². The van der Waals surface area contributed by atoms with Crippen molar-refractivity contribution in [3.05, 3.63) is 29.8 Å². The normalized spacial score (nSPS) is 12.2. The molecule has 20 heavy (non-hydrogen) atoms. The molecule has 0 bridgehead atoms. The van der Waals surface area contributed by atoms with E-state index in [1.165, 1.54) is 0 Å². The third kappa shape index (κ3) is 4.67. The highest BCUT2D eigenvalue weighted by Gasteiger charge is 2.14. The number of para-hydroxylation sites is 1. The predicted octanol–water partition coefficient (Wildman–Crippen LogP) is 2.86. The van der Waals surface area contributed by atoms with Gasteiger partial charge in [-0.15, -0.1) is 0 Å². The van der Waals surface area contributed by atoms with E-state index in [0.717, 1.165) is 0 Å². The van der Waals surface area contributed by atoms with Gasteiger partial charge in [0.1, 0.15) is 6.07 Å². The molecule has 0 heterocycles. The lowest BCUT2D eigenvalue weighted by Gasteiger charge is -2.27. The molecule has 1 aromatic carbocycles. The average Bonchev–Trinajstić information content (AvgIpc) is 2.44. The molecule has 1 N–H and O–H groups in total. The summed E-state index contributed by atoms with van der Waals surface area (Å²) in [5.41, 5.74) is 1.07. The molecule has 0 fully saturated rings. The molecule has 0 spiro atoms. The summed E-state index contributed by atoms with van der Waals surface area (Å²) in [7, 11) is 2.03. The molecule has 0 saturated carbocycles. The predicted molar refractivity (Wildman–Crippen MR) is 81.3 cm³/mol. The lowest BCUT2D eigenvalue weighted by molar-refractivity contribution is -0.116. The Morgan fingerprint density at radius 1 is 1.35 bits per heavy atom. The van der Waals surface area contributed by atoms with Gasteiger partial charge in [0.05, 0.1) is 11.3 Å². The molecule has 0 radical (unpaired) electrons. The smallest absolute Gasteiger partial charge is 0.225 e. The van der Waals surface area contributed by atoms with Crippen molar-refractivity contribution in [1.82, 2.24) is 4.90 Å². The van der Waals surface area contributed by atoms with E-state index in [2.05, 4.69) is 37.1 Å². The maximum absolute atomic E-state index is 11.9. The van der Waals surface area contributed by atoms with Crippen molar-refractivity contribution in [3.63, 3.8) is 0 Å². The van der Waals surface area contributed by atoms with Crippen molar-refractivity contribution >= 4 is 11.6 Å². The Kier molecular flexibility index (Phi) is 6.20. The Bertz CT molecular complexity index is 491. The zero-order valence-corrected chi connectivity index (χ0v) is 12.7. The van der Waals surface area contributed by atoms with Gasteiger partial charge in [-0.3, -0.25) is 4.79 Å². The van der Waals surface area contributed by atoms with Gasteiger partial charge in [-0.1, -0.05) is 26.0 Å². The van der Waals surface area contributed by atoms with Crippen molar-refractivity contribution < 1.29 is 4.79 Å². The van der Waals surface area contributed by atoms with Crippen LogP contribution in [0.2, 0.25) is 0 Å². The van der Waals surface area contributed by atoms with Gasteiger partial charge >= 0.3 is 0 Å². The number of nitrogens with zero attached hydrogens (tertiary/aromatic N) is 2. The first kappa shape index (κ1) is 16.2. The van der Waals surface area contributed by atoms with Gasteiger partial charge in [-0.25, -0.2) is 0 Å². The van der Waals surface area contributed by atoms with Crippen LogP contribution in [0.1, 0.15) is 32.8 Å². The maximum Gasteiger partial charge on any atom is 0.225 e. The van der Waals surface area contributed by atoms with Gasteiger partial charge in [0, 0.05) is 19.0 Å². The second-order valence-corrected chi connectivity index (χ2v) is 5.42. The van der Waals surface area contributed by atoms with Gasteiger partial charge in [0.15, 0.2) is 0 Å². The summed E-state index contributed by atoms with van der Waals surface area (Å²) in [6.45, 7) is 7.21. The number of carbonyl (C=O) groups excluding carboxylic acids is 1. The Morgan fingerprint density at radius 3 is 2.60 bits per heavy atom. The highest BCUT2D eigenvalue weighted by Crippen LogP contribution is 2.14. The Hall–Kier alpha value is -1.86. The topological polar surface area (TPSA) is 56.1 Å². The largest absolute Gasteiger partial charge is 0.325 e. The van der Waals surface area contributed by atoms with E-state index >= 15 is 0 Å². The number of amides is 1. The number of nitrogens with one attached hydrogen (secondary N) is 1. The highest BCUT2D eigenvalue weighted by molar-refractivity contribution is 5.92. The average molecular weight is 273 g/mol. The third-order valence-electron chi connectivity index (χ3n) is 3.67. The third-order valence-corrected chi connectivity index (χ3v) is 3.67. The van der Waals surface area contributed by atoms with Gasteiger partial charge in [0.25, 0.3) is 0 Å². The fourth-order valence-corrected chi connectivity index (χ4v) is 1.89. The van der Waals surface area contributed by atoms with Crippen molar-refractivity contribution in [1.29, 1.82) is 5.26 Å². The highest BCUT2D eigenvalue weighted by atomic mass is 16.1. The van der Waals surface area contributed by atoms with Crippen molar-refractivity contribution in [3.8, 4) is 6.07 Å². The van der Waals surface area contributed by atoms with Gasteiger partial charge in [-0.2, -0.15) is 5.26 Å². The van der Waals surface area contributed by atoms with E-state index in [4.69, 9.17) is 5.26 Å². The number of anilines is 1. The van der Waals surface area contributed by atoms with Crippen LogP contribution < -0.4 is 5.32 Å². The Morgan fingerprint density at radius 2 is 2.00 bits per heavy atom. The molecule has 0 aliphatic rings. The number of hydrogen-bond donors (Lipinski definition) is 1. The van der Waals surface area contributed by atoms with Gasteiger partial charge in [0.2, 0.25) is 5.91 Å². The van der Waals surface area contributed by atoms with E-state index in [0.29, 0.717) is 36.2 Å². The molecule has 108 valence electrons. The van der Waals surface area contributed by atoms with Crippen LogP contribution in [0.5, 0.6) is 0 Å². The standard InChI is InChI=1S/C16H23N3O/c1-12(2)13(3)19(4)10-9-16(20)18-15-8-6-5-7-14(15)11-17/h5-8,12-13H,9-10H2,1-4H3,(H,18,20). The molecular formula is C16H23N3O. The first-order valence-electron chi connectivity index (χ1n) is 6.95. The van der Waals surface area contributed by atoms with Crippen molar-refractivity contribution in [2.75, 3.05) is 18.9 Å². The lowest BCUT2D eigenvalue weighted by atomic mass is 10.1. The number of benzene rings is 1. The molecule has 0 aromatic heterocycles. The first-order valence-corrected chi connectivity index (χ1v) is 6.95. The molecule has 4 heteroatoms. The summed E-state index contributed by atoms with van der Waals surface area (Å²) >= 11 is 0. The summed E-state index contributed by atoms with van der Waals surface area (Å²) < 4.78 is 0. The van der Waals surface area contributed by atoms with E-state index in [1.54, 1.807) is 18.2 Å². The van der Waals surface area contributed by atoms with E-state index in [9.17, 15) is 4.79 Å². The Balaban J connectivity index is 2.51. The van der Waals surface area contributed by atoms with Crippen molar-refractivity contribution in [2.24, 2.45) is 5.92 Å². The zero-order chi connectivity index (χ0) is 15.1. The van der Waals surface area contributed by atoms with Crippen molar-refractivity contribution in [2.45, 2.75) is 33.2 Å². The first-order chi connectivity index (χ1) is 9.45. The number of carbonyl (C=O) groups is 1. The quantitative estimate of drug-likeness (QED) is 0.867. The summed E-state index contributed by atoms with van der Waals surface area (Å²) in [6.07, 6.45) is 0.424. The number of rotatable bonds is 6. The molecule has 1 atom stereocenters. The molecule has 1 amide bonds. The minimum absolute atomic E-state index is 0.0597. The zero-order valence-electron chi connectivity index (χ0n) is 12.7. The number of hydrogen-bond acceptors (Lipinski definition) is 3. The van der Waals surface area contributed by atoms with Gasteiger partial charge in [-0.05, 0) is 32.0 Å². The van der Waals surface area contributed by atoms with Crippen LogP contribution in [-0.2, 0) is 4.79 Å². The van der Waals surface area contributed by atoms with E-state index in [-0.39, 0.29) is 5.91 Å². The fourth-order valence-electron chi connectivity index (χ4n) is 1.89. The molecule has 4 nitrogen and oxygen atoms in total. The van der Waals surface area contributed by atoms with Crippen LogP contribution in [0.4, 0.5) is 5.69 Å². The minimum atomic E-state index is -0.0597. The van der Waals surface area contributed by atoms with E-state index < -0.39 is 0 Å². The van der Waals surface area contributed by atoms with Gasteiger partial charge < -0.3 is 10.2 Å². The molecule has 0 saturated heterocycles. The lowest BCUT2D eigenvalue weighted by Crippen LogP contribution is -2.35. The van der Waals surface area contributed by atoms with Crippen LogP contribution in [0, 0.1) is 17.2 Å². The second kappa shape index (κ2) is 7.66. The summed E-state index contributed by atoms with van der Waals surface area (Å²) in [4.78, 5) is 14.1. The molecular weight excluding hydrogens is 250 g/mol. The van der Waals surface area contributed by atoms with Crippen LogP contribution >= 0.6 is 0 Å². The van der Waals surface area contributed by atoms with Crippen LogP contribution in [-0.4, -0.2) is 30.4 Å². The minimum Gasteiger partial charge on any atom is -0.325 e. The van der Waals surface area contributed by atoms with Crippen LogP contribution in [0.3, 0.4) is 0 Å². The maximum atomic E-state index is 11.9. The monoisotopic (exact) mass is 273 g/mol. The number of nitriles is 1. The van der Waals surface area contributed by atoms with Crippen LogP contribution in [0.25, 0.3) is 0 Å². The SMILES string of the molecule is CC(C)C(C)N(C)CCC(=O)Nc1ccccc1C#N. The summed E-state index contributed by atoms with van der Waals surface area (Å²) in [5.74, 6) is 0.498. The molecule has 0 aliphatic carbocycles. The molecule has 1 aromatic rings. The Labute approximate surface area is 121 Å². The second-order valence-electron chi connectivity index (χ2n) is 5.42. The molecule has 1 unspecified atom stereocenters. The van der Waals surface area contributed by atoms with E-state index in [1.807, 2.05) is 13.1 Å². The molecule has 0 aliphatic heterocycles. The summed E-state index contributed by atoms with van der Waals surface area (Å²) in [5, 5.41) is 11.8.